The van der Waals surface area contributed by atoms with Crippen molar-refractivity contribution < 1.29 is 9.00 Å². The second-order valence-corrected chi connectivity index (χ2v) is 7.44. The van der Waals surface area contributed by atoms with Gasteiger partial charge in [-0.15, -0.1) is 0 Å². The maximum Gasteiger partial charge on any atom is 0.251 e. The molecule has 0 heterocycles. The zero-order valence-corrected chi connectivity index (χ0v) is 15.0. The summed E-state index contributed by atoms with van der Waals surface area (Å²) in [6, 6.07) is 12.5. The molecule has 23 heavy (non-hydrogen) atoms. The van der Waals surface area contributed by atoms with Crippen LogP contribution in [0.2, 0.25) is 10.0 Å². The molecular weight excluding hydrogens is 353 g/mol. The van der Waals surface area contributed by atoms with Crippen molar-refractivity contribution in [1.82, 2.24) is 5.32 Å². The van der Waals surface area contributed by atoms with E-state index >= 15 is 0 Å². The van der Waals surface area contributed by atoms with Crippen molar-refractivity contribution in [2.24, 2.45) is 0 Å². The monoisotopic (exact) mass is 369 g/mol. The van der Waals surface area contributed by atoms with Gasteiger partial charge in [-0.2, -0.15) is 0 Å². The molecule has 0 spiro atoms. The zero-order chi connectivity index (χ0) is 16.8. The first-order valence-corrected chi connectivity index (χ1v) is 9.55. The van der Waals surface area contributed by atoms with Gasteiger partial charge in [0.15, 0.2) is 0 Å². The van der Waals surface area contributed by atoms with Crippen LogP contribution in [-0.2, 0) is 23.0 Å². The minimum Gasteiger partial charge on any atom is -0.352 e. The lowest BCUT2D eigenvalue weighted by Crippen LogP contribution is -2.25. The van der Waals surface area contributed by atoms with Gasteiger partial charge in [0.1, 0.15) is 0 Å². The first-order chi connectivity index (χ1) is 11.0. The van der Waals surface area contributed by atoms with Crippen LogP contribution < -0.4 is 5.32 Å². The number of amides is 1. The van der Waals surface area contributed by atoms with E-state index in [4.69, 9.17) is 23.2 Å². The van der Waals surface area contributed by atoms with Crippen molar-refractivity contribution in [2.75, 3.05) is 12.8 Å². The highest BCUT2D eigenvalue weighted by Crippen LogP contribution is 2.21. The Balaban J connectivity index is 1.93. The van der Waals surface area contributed by atoms with E-state index in [0.29, 0.717) is 34.3 Å². The molecule has 0 aromatic heterocycles. The first-order valence-electron chi connectivity index (χ1n) is 7.07. The molecule has 0 bridgehead atoms. The molecule has 0 aliphatic carbocycles. The summed E-state index contributed by atoms with van der Waals surface area (Å²) in [6.07, 6.45) is 2.27. The molecule has 1 N–H and O–H groups in total. The summed E-state index contributed by atoms with van der Waals surface area (Å²) in [5.74, 6) is 0.292. The average Bonchev–Trinajstić information content (AvgIpc) is 2.49. The van der Waals surface area contributed by atoms with E-state index in [-0.39, 0.29) is 5.91 Å². The van der Waals surface area contributed by atoms with Crippen molar-refractivity contribution >= 4 is 39.9 Å². The van der Waals surface area contributed by atoms with E-state index < -0.39 is 10.8 Å². The molecule has 0 fully saturated rings. The summed E-state index contributed by atoms with van der Waals surface area (Å²) >= 11 is 12.0. The normalized spacial score (nSPS) is 12.0. The van der Waals surface area contributed by atoms with Gasteiger partial charge < -0.3 is 5.32 Å². The minimum absolute atomic E-state index is 0.154. The van der Waals surface area contributed by atoms with Gasteiger partial charge >= 0.3 is 0 Å². The second kappa shape index (κ2) is 8.48. The summed E-state index contributed by atoms with van der Waals surface area (Å²) < 4.78 is 11.3. The molecule has 122 valence electrons. The zero-order valence-electron chi connectivity index (χ0n) is 12.6. The summed E-state index contributed by atoms with van der Waals surface area (Å²) in [4.78, 5) is 12.2. The molecule has 1 atom stereocenters. The van der Waals surface area contributed by atoms with Crippen LogP contribution in [0, 0.1) is 0 Å². The van der Waals surface area contributed by atoms with Crippen LogP contribution in [0.15, 0.2) is 42.5 Å². The summed E-state index contributed by atoms with van der Waals surface area (Å²) in [5.41, 5.74) is 2.39. The van der Waals surface area contributed by atoms with Gasteiger partial charge in [-0.05, 0) is 41.8 Å². The molecule has 0 unspecified atom stereocenters. The molecule has 0 aliphatic rings. The molecule has 0 radical (unpaired) electrons. The Morgan fingerprint density at radius 2 is 1.96 bits per heavy atom. The van der Waals surface area contributed by atoms with Crippen molar-refractivity contribution in [3.63, 3.8) is 0 Å². The highest BCUT2D eigenvalue weighted by molar-refractivity contribution is 7.83. The number of halogens is 2. The van der Waals surface area contributed by atoms with Crippen LogP contribution in [0.3, 0.4) is 0 Å². The number of benzene rings is 2. The van der Waals surface area contributed by atoms with Crippen molar-refractivity contribution in [3.05, 3.63) is 69.2 Å². The number of hydrogen-bond donors (Lipinski definition) is 1. The molecule has 0 saturated heterocycles. The van der Waals surface area contributed by atoms with E-state index in [9.17, 15) is 9.00 Å². The molecule has 0 saturated carbocycles. The van der Waals surface area contributed by atoms with Gasteiger partial charge in [0, 0.05) is 45.0 Å². The van der Waals surface area contributed by atoms with E-state index in [1.165, 1.54) is 0 Å². The largest absolute Gasteiger partial charge is 0.352 e. The number of rotatable bonds is 6. The van der Waals surface area contributed by atoms with E-state index in [1.807, 2.05) is 12.1 Å². The fourth-order valence-electron chi connectivity index (χ4n) is 2.17. The Bertz CT molecular complexity index is 734. The Labute approximate surface area is 148 Å². The molecule has 2 rings (SSSR count). The number of nitrogens with one attached hydrogen (secondary N) is 1. The summed E-state index contributed by atoms with van der Waals surface area (Å²) in [5, 5.41) is 4.05. The van der Waals surface area contributed by atoms with Gasteiger partial charge in [0.25, 0.3) is 5.91 Å². The maximum atomic E-state index is 12.2. The third-order valence-corrected chi connectivity index (χ3v) is 4.58. The topological polar surface area (TPSA) is 46.2 Å². The molecular formula is C17H17Cl2NO2S. The van der Waals surface area contributed by atoms with Crippen molar-refractivity contribution in [3.8, 4) is 0 Å². The smallest absolute Gasteiger partial charge is 0.251 e. The standard InChI is InChI=1S/C17H17Cl2NO2S/c1-23(22)11-12-3-2-4-14(9-12)17(21)20-8-7-13-5-6-15(18)10-16(13)19/h2-6,9-10H,7-8,11H2,1H3,(H,20,21)/t23-/m0/s1. The Hall–Kier alpha value is -1.36. The maximum absolute atomic E-state index is 12.2. The lowest BCUT2D eigenvalue weighted by atomic mass is 10.1. The van der Waals surface area contributed by atoms with Crippen LogP contribution in [0.4, 0.5) is 0 Å². The second-order valence-electron chi connectivity index (χ2n) is 5.16. The number of carbonyl (C=O) groups is 1. The van der Waals surface area contributed by atoms with Crippen LogP contribution in [0.25, 0.3) is 0 Å². The fraction of sp³-hybridized carbons (Fsp3) is 0.235. The summed E-state index contributed by atoms with van der Waals surface area (Å²) in [7, 11) is -0.930. The fourth-order valence-corrected chi connectivity index (χ4v) is 3.33. The third-order valence-electron chi connectivity index (χ3n) is 3.25. The Morgan fingerprint density at radius 3 is 2.65 bits per heavy atom. The average molecular weight is 370 g/mol. The van der Waals surface area contributed by atoms with Gasteiger partial charge in [-0.25, -0.2) is 0 Å². The number of carbonyl (C=O) groups excluding carboxylic acids is 1. The molecule has 3 nitrogen and oxygen atoms in total. The van der Waals surface area contributed by atoms with Gasteiger partial charge in [0.05, 0.1) is 0 Å². The predicted molar refractivity (Wildman–Crippen MR) is 96.7 cm³/mol. The first kappa shape index (κ1) is 18.0. The van der Waals surface area contributed by atoms with E-state index in [0.717, 1.165) is 11.1 Å². The van der Waals surface area contributed by atoms with E-state index in [1.54, 1.807) is 36.6 Å². The highest BCUT2D eigenvalue weighted by Gasteiger charge is 2.07. The predicted octanol–water partition coefficient (Wildman–Crippen LogP) is 3.84. The van der Waals surface area contributed by atoms with Crippen molar-refractivity contribution in [2.45, 2.75) is 12.2 Å². The minimum atomic E-state index is -0.930. The lowest BCUT2D eigenvalue weighted by molar-refractivity contribution is 0.0954. The van der Waals surface area contributed by atoms with Crippen molar-refractivity contribution in [1.29, 1.82) is 0 Å². The molecule has 2 aromatic carbocycles. The van der Waals surface area contributed by atoms with Crippen LogP contribution in [0.5, 0.6) is 0 Å². The lowest BCUT2D eigenvalue weighted by Gasteiger charge is -2.08. The SMILES string of the molecule is C[S@](=O)Cc1cccc(C(=O)NCCc2ccc(Cl)cc2Cl)c1. The molecule has 2 aromatic rings. The Morgan fingerprint density at radius 1 is 1.17 bits per heavy atom. The van der Waals surface area contributed by atoms with Gasteiger partial charge in [-0.3, -0.25) is 9.00 Å². The van der Waals surface area contributed by atoms with Gasteiger partial charge in [-0.1, -0.05) is 41.4 Å². The van der Waals surface area contributed by atoms with Crippen LogP contribution in [-0.4, -0.2) is 22.9 Å². The third kappa shape index (κ3) is 5.65. The van der Waals surface area contributed by atoms with Crippen LogP contribution in [0.1, 0.15) is 21.5 Å². The van der Waals surface area contributed by atoms with Gasteiger partial charge in [0.2, 0.25) is 0 Å². The quantitative estimate of drug-likeness (QED) is 0.840. The molecule has 6 heteroatoms. The summed E-state index contributed by atoms with van der Waals surface area (Å²) in [6.45, 7) is 0.476. The Kier molecular flexibility index (Phi) is 6.63. The van der Waals surface area contributed by atoms with Crippen LogP contribution >= 0.6 is 23.2 Å². The van der Waals surface area contributed by atoms with E-state index in [2.05, 4.69) is 5.32 Å². The molecule has 1 amide bonds. The highest BCUT2D eigenvalue weighted by atomic mass is 35.5. The number of hydrogen-bond acceptors (Lipinski definition) is 2. The molecule has 0 aliphatic heterocycles.